The molecular weight excluding hydrogens is 304 g/mol. The van der Waals surface area contributed by atoms with Crippen LogP contribution >= 0.6 is 0 Å². The van der Waals surface area contributed by atoms with E-state index in [2.05, 4.69) is 36.2 Å². The number of rotatable bonds is 3. The first-order valence-corrected chi connectivity index (χ1v) is 7.69. The first-order chi connectivity index (χ1) is 11.4. The van der Waals surface area contributed by atoms with Crippen molar-refractivity contribution in [2.45, 2.75) is 26.2 Å². The number of carbonyl (C=O) groups is 1. The minimum absolute atomic E-state index is 0.0727. The summed E-state index contributed by atoms with van der Waals surface area (Å²) in [5.74, 6) is 0.400. The summed E-state index contributed by atoms with van der Waals surface area (Å²) in [6, 6.07) is 10.7. The fourth-order valence-electron chi connectivity index (χ4n) is 2.26. The SMILES string of the molecule is COc1cccc(NC(=O)c2ccc3nc(C(C)(C)C)cn3n2)c1. The molecule has 1 aromatic carbocycles. The number of imidazole rings is 1. The van der Waals surface area contributed by atoms with Gasteiger partial charge >= 0.3 is 0 Å². The van der Waals surface area contributed by atoms with Gasteiger partial charge in [-0.05, 0) is 24.3 Å². The van der Waals surface area contributed by atoms with Crippen LogP contribution in [0.25, 0.3) is 5.65 Å². The number of amides is 1. The van der Waals surface area contributed by atoms with Crippen molar-refractivity contribution in [3.8, 4) is 5.75 Å². The second-order valence-electron chi connectivity index (χ2n) is 6.58. The maximum Gasteiger partial charge on any atom is 0.276 e. The summed E-state index contributed by atoms with van der Waals surface area (Å²) in [4.78, 5) is 17.0. The van der Waals surface area contributed by atoms with Crippen LogP contribution in [-0.2, 0) is 5.41 Å². The Hall–Kier alpha value is -2.89. The fraction of sp³-hybridized carbons (Fsp3) is 0.278. The molecular formula is C18H20N4O2. The van der Waals surface area contributed by atoms with E-state index < -0.39 is 0 Å². The second-order valence-corrected chi connectivity index (χ2v) is 6.58. The van der Waals surface area contributed by atoms with E-state index in [0.29, 0.717) is 17.1 Å². The van der Waals surface area contributed by atoms with Gasteiger partial charge in [0.25, 0.3) is 5.91 Å². The Bertz CT molecular complexity index is 893. The van der Waals surface area contributed by atoms with Crippen molar-refractivity contribution in [3.05, 3.63) is 54.0 Å². The Labute approximate surface area is 140 Å². The summed E-state index contributed by atoms with van der Waals surface area (Å²) in [6.07, 6.45) is 1.86. The van der Waals surface area contributed by atoms with Crippen LogP contribution in [0.5, 0.6) is 5.75 Å². The van der Waals surface area contributed by atoms with Gasteiger partial charge in [0.2, 0.25) is 0 Å². The summed E-state index contributed by atoms with van der Waals surface area (Å²) in [6.45, 7) is 6.27. The van der Waals surface area contributed by atoms with Crippen LogP contribution < -0.4 is 10.1 Å². The number of nitrogens with zero attached hydrogens (tertiary/aromatic N) is 3. The molecule has 0 saturated heterocycles. The Kier molecular flexibility index (Phi) is 3.97. The molecule has 0 aliphatic carbocycles. The lowest BCUT2D eigenvalue weighted by atomic mass is 9.93. The third-order valence-electron chi connectivity index (χ3n) is 3.65. The minimum Gasteiger partial charge on any atom is -0.497 e. The van der Waals surface area contributed by atoms with Crippen molar-refractivity contribution in [1.29, 1.82) is 0 Å². The maximum atomic E-state index is 12.4. The lowest BCUT2D eigenvalue weighted by molar-refractivity contribution is 0.102. The molecule has 2 heterocycles. The first-order valence-electron chi connectivity index (χ1n) is 7.69. The quantitative estimate of drug-likeness (QED) is 0.803. The van der Waals surface area contributed by atoms with E-state index >= 15 is 0 Å². The number of carbonyl (C=O) groups excluding carboxylic acids is 1. The van der Waals surface area contributed by atoms with Gasteiger partial charge in [0, 0.05) is 17.2 Å². The Morgan fingerprint density at radius 3 is 2.71 bits per heavy atom. The molecule has 24 heavy (non-hydrogen) atoms. The highest BCUT2D eigenvalue weighted by Crippen LogP contribution is 2.21. The van der Waals surface area contributed by atoms with Gasteiger partial charge in [0.1, 0.15) is 11.4 Å². The van der Waals surface area contributed by atoms with Crippen LogP contribution in [0, 0.1) is 0 Å². The summed E-state index contributed by atoms with van der Waals surface area (Å²) in [7, 11) is 1.59. The van der Waals surface area contributed by atoms with Crippen molar-refractivity contribution in [2.24, 2.45) is 0 Å². The smallest absolute Gasteiger partial charge is 0.276 e. The molecule has 1 amide bonds. The highest BCUT2D eigenvalue weighted by Gasteiger charge is 2.18. The predicted molar refractivity (Wildman–Crippen MR) is 92.6 cm³/mol. The van der Waals surface area contributed by atoms with Crippen LogP contribution in [0.1, 0.15) is 37.0 Å². The van der Waals surface area contributed by atoms with Crippen molar-refractivity contribution >= 4 is 17.2 Å². The normalized spacial score (nSPS) is 11.5. The van der Waals surface area contributed by atoms with Crippen molar-refractivity contribution < 1.29 is 9.53 Å². The first kappa shape index (κ1) is 16.0. The Balaban J connectivity index is 1.87. The molecule has 6 heteroatoms. The lowest BCUT2D eigenvalue weighted by Crippen LogP contribution is -2.15. The molecule has 0 saturated carbocycles. The molecule has 1 N–H and O–H groups in total. The lowest BCUT2D eigenvalue weighted by Gasteiger charge is -2.13. The molecule has 0 aliphatic heterocycles. The molecule has 2 aromatic heterocycles. The monoisotopic (exact) mass is 324 g/mol. The number of methoxy groups -OCH3 is 1. The molecule has 0 unspecified atom stereocenters. The zero-order chi connectivity index (χ0) is 17.3. The average Bonchev–Trinajstić information content (AvgIpc) is 2.98. The standard InChI is InChI=1S/C18H20N4O2/c1-18(2,3)15-11-22-16(20-15)9-8-14(21-22)17(23)19-12-6-5-7-13(10-12)24-4/h5-11H,1-4H3,(H,19,23). The average molecular weight is 324 g/mol. The largest absolute Gasteiger partial charge is 0.497 e. The Morgan fingerprint density at radius 1 is 1.21 bits per heavy atom. The number of nitrogens with one attached hydrogen (secondary N) is 1. The van der Waals surface area contributed by atoms with Crippen molar-refractivity contribution in [1.82, 2.24) is 14.6 Å². The molecule has 3 aromatic rings. The topological polar surface area (TPSA) is 68.5 Å². The predicted octanol–water partition coefficient (Wildman–Crippen LogP) is 3.29. The van der Waals surface area contributed by atoms with E-state index in [1.807, 2.05) is 18.3 Å². The summed E-state index contributed by atoms with van der Waals surface area (Å²) >= 11 is 0. The number of hydrogen-bond donors (Lipinski definition) is 1. The van der Waals surface area contributed by atoms with E-state index in [4.69, 9.17) is 4.74 Å². The van der Waals surface area contributed by atoms with E-state index in [9.17, 15) is 4.79 Å². The van der Waals surface area contributed by atoms with Gasteiger partial charge in [0.15, 0.2) is 5.65 Å². The third kappa shape index (κ3) is 3.22. The molecule has 0 aliphatic rings. The van der Waals surface area contributed by atoms with Crippen LogP contribution in [0.15, 0.2) is 42.6 Å². The molecule has 0 atom stereocenters. The third-order valence-corrected chi connectivity index (χ3v) is 3.65. The van der Waals surface area contributed by atoms with Crippen LogP contribution in [-0.4, -0.2) is 27.6 Å². The van der Waals surface area contributed by atoms with Gasteiger partial charge in [-0.3, -0.25) is 4.79 Å². The maximum absolute atomic E-state index is 12.4. The van der Waals surface area contributed by atoms with E-state index in [-0.39, 0.29) is 11.3 Å². The molecule has 6 nitrogen and oxygen atoms in total. The second kappa shape index (κ2) is 5.96. The number of anilines is 1. The fourth-order valence-corrected chi connectivity index (χ4v) is 2.26. The highest BCUT2D eigenvalue weighted by molar-refractivity contribution is 6.02. The van der Waals surface area contributed by atoms with E-state index in [0.717, 1.165) is 11.3 Å². The summed E-state index contributed by atoms with van der Waals surface area (Å²) < 4.78 is 6.80. The van der Waals surface area contributed by atoms with Crippen LogP contribution in [0.2, 0.25) is 0 Å². The zero-order valence-corrected chi connectivity index (χ0v) is 14.2. The zero-order valence-electron chi connectivity index (χ0n) is 14.2. The molecule has 124 valence electrons. The number of benzene rings is 1. The minimum atomic E-state index is -0.281. The summed E-state index contributed by atoms with van der Waals surface area (Å²) in [5, 5.41) is 7.18. The number of aromatic nitrogens is 3. The molecule has 0 fully saturated rings. The summed E-state index contributed by atoms with van der Waals surface area (Å²) in [5.41, 5.74) is 2.56. The van der Waals surface area contributed by atoms with Gasteiger partial charge in [-0.1, -0.05) is 26.8 Å². The Morgan fingerprint density at radius 2 is 2.00 bits per heavy atom. The van der Waals surface area contributed by atoms with Gasteiger partial charge in [-0.2, -0.15) is 5.10 Å². The molecule has 0 bridgehead atoms. The number of fused-ring (bicyclic) bond motifs is 1. The molecule has 3 rings (SSSR count). The molecule has 0 spiro atoms. The van der Waals surface area contributed by atoms with Crippen LogP contribution in [0.3, 0.4) is 0 Å². The van der Waals surface area contributed by atoms with Gasteiger partial charge in [-0.15, -0.1) is 0 Å². The molecule has 0 radical (unpaired) electrons. The van der Waals surface area contributed by atoms with Crippen molar-refractivity contribution in [3.63, 3.8) is 0 Å². The van der Waals surface area contributed by atoms with Crippen molar-refractivity contribution in [2.75, 3.05) is 12.4 Å². The number of hydrogen-bond acceptors (Lipinski definition) is 4. The van der Waals surface area contributed by atoms with E-state index in [1.165, 1.54) is 0 Å². The van der Waals surface area contributed by atoms with Gasteiger partial charge in [0.05, 0.1) is 19.0 Å². The van der Waals surface area contributed by atoms with Crippen LogP contribution in [0.4, 0.5) is 5.69 Å². The van der Waals surface area contributed by atoms with Gasteiger partial charge < -0.3 is 10.1 Å². The number of ether oxygens (including phenoxy) is 1. The highest BCUT2D eigenvalue weighted by atomic mass is 16.5. The van der Waals surface area contributed by atoms with Gasteiger partial charge in [-0.25, -0.2) is 9.50 Å². The van der Waals surface area contributed by atoms with E-state index in [1.54, 1.807) is 35.9 Å².